The van der Waals surface area contributed by atoms with Crippen molar-refractivity contribution in [2.45, 2.75) is 374 Å². The van der Waals surface area contributed by atoms with Crippen LogP contribution in [0.25, 0.3) is 0 Å². The van der Waals surface area contributed by atoms with Crippen LogP contribution in [-0.4, -0.2) is 37.2 Å². The van der Waals surface area contributed by atoms with Crippen molar-refractivity contribution in [3.8, 4) is 0 Å². The third kappa shape index (κ3) is 57.2. The highest BCUT2D eigenvalue weighted by Crippen LogP contribution is 2.18. The van der Waals surface area contributed by atoms with Gasteiger partial charge in [0.1, 0.15) is 13.2 Å². The van der Waals surface area contributed by atoms with E-state index in [9.17, 15) is 14.4 Å². The van der Waals surface area contributed by atoms with Crippen LogP contribution in [-0.2, 0) is 28.6 Å². The molecule has 1 unspecified atom stereocenters. The molecule has 0 heterocycles. The van der Waals surface area contributed by atoms with E-state index in [4.69, 9.17) is 14.2 Å². The van der Waals surface area contributed by atoms with Crippen LogP contribution in [0.1, 0.15) is 367 Å². The van der Waals surface area contributed by atoms with E-state index in [-0.39, 0.29) is 31.1 Å². The molecule has 0 rings (SSSR count). The Labute approximate surface area is 431 Å². The van der Waals surface area contributed by atoms with Crippen molar-refractivity contribution in [1.82, 2.24) is 0 Å². The van der Waals surface area contributed by atoms with E-state index < -0.39 is 6.10 Å². The average molecular weight is 976 g/mol. The molecule has 0 aromatic heterocycles. The number of rotatable bonds is 59. The molecular formula is C63H122O6. The van der Waals surface area contributed by atoms with Crippen LogP contribution in [0.2, 0.25) is 0 Å². The first kappa shape index (κ1) is 67.4. The number of unbranched alkanes of at least 4 members (excludes halogenated alkanes) is 48. The Balaban J connectivity index is 4.21. The Hall–Kier alpha value is -1.59. The fourth-order valence-electron chi connectivity index (χ4n) is 9.86. The van der Waals surface area contributed by atoms with Crippen LogP contribution < -0.4 is 0 Å². The van der Waals surface area contributed by atoms with Crippen molar-refractivity contribution in [1.29, 1.82) is 0 Å². The molecular weight excluding hydrogens is 853 g/mol. The van der Waals surface area contributed by atoms with Crippen LogP contribution in [0.5, 0.6) is 0 Å². The normalized spacial score (nSPS) is 11.9. The predicted octanol–water partition coefficient (Wildman–Crippen LogP) is 21.1. The molecule has 0 aliphatic carbocycles. The molecule has 0 spiro atoms. The van der Waals surface area contributed by atoms with Gasteiger partial charge in [-0.25, -0.2) is 0 Å². The summed E-state index contributed by atoms with van der Waals surface area (Å²) in [5.41, 5.74) is 0. The first-order valence-electron chi connectivity index (χ1n) is 31.5. The highest BCUT2D eigenvalue weighted by Gasteiger charge is 2.19. The van der Waals surface area contributed by atoms with Crippen molar-refractivity contribution in [2.75, 3.05) is 13.2 Å². The van der Waals surface area contributed by atoms with Gasteiger partial charge in [-0.3, -0.25) is 14.4 Å². The molecule has 410 valence electrons. The Morgan fingerprint density at radius 2 is 0.391 bits per heavy atom. The minimum absolute atomic E-state index is 0.0607. The lowest BCUT2D eigenvalue weighted by Crippen LogP contribution is -2.30. The first-order valence-corrected chi connectivity index (χ1v) is 31.5. The van der Waals surface area contributed by atoms with Crippen LogP contribution in [0.15, 0.2) is 0 Å². The molecule has 0 amide bonds. The number of carbonyl (C=O) groups is 3. The zero-order chi connectivity index (χ0) is 50.0. The second-order valence-electron chi connectivity index (χ2n) is 21.7. The van der Waals surface area contributed by atoms with Gasteiger partial charge >= 0.3 is 17.9 Å². The maximum atomic E-state index is 12.9. The monoisotopic (exact) mass is 975 g/mol. The maximum Gasteiger partial charge on any atom is 0.306 e. The van der Waals surface area contributed by atoms with Gasteiger partial charge in [0.25, 0.3) is 0 Å². The largest absolute Gasteiger partial charge is 0.462 e. The quantitative estimate of drug-likeness (QED) is 0.0343. The Kier molecular flexibility index (Phi) is 57.6. The van der Waals surface area contributed by atoms with Gasteiger partial charge in [0, 0.05) is 19.3 Å². The topological polar surface area (TPSA) is 78.9 Å². The van der Waals surface area contributed by atoms with E-state index >= 15 is 0 Å². The van der Waals surface area contributed by atoms with Crippen molar-refractivity contribution in [3.05, 3.63) is 0 Å². The van der Waals surface area contributed by atoms with Crippen molar-refractivity contribution < 1.29 is 28.6 Å². The molecule has 0 aliphatic rings. The second-order valence-corrected chi connectivity index (χ2v) is 21.7. The molecule has 1 atom stereocenters. The third-order valence-corrected chi connectivity index (χ3v) is 14.6. The van der Waals surface area contributed by atoms with Crippen molar-refractivity contribution >= 4 is 17.9 Å². The summed E-state index contributed by atoms with van der Waals surface area (Å²) in [6.45, 7) is 6.72. The second kappa shape index (κ2) is 59.0. The van der Waals surface area contributed by atoms with Crippen LogP contribution >= 0.6 is 0 Å². The van der Waals surface area contributed by atoms with Gasteiger partial charge < -0.3 is 14.2 Å². The summed E-state index contributed by atoms with van der Waals surface area (Å²) in [5.74, 6) is -0.828. The molecule has 0 aromatic rings. The molecule has 0 fully saturated rings. The SMILES string of the molecule is CCCCCCCCCCCCCCCCCCCCCCCCC(=O)OCC(COC(=O)CCCCCCCCCCCCCC)OC(=O)CCCCCCCCCCCCCCCCCCC. The molecule has 6 heteroatoms. The van der Waals surface area contributed by atoms with E-state index in [1.54, 1.807) is 0 Å². The summed E-state index contributed by atoms with van der Waals surface area (Å²) in [4.78, 5) is 38.2. The van der Waals surface area contributed by atoms with Gasteiger partial charge in [0.2, 0.25) is 0 Å². The summed E-state index contributed by atoms with van der Waals surface area (Å²) >= 11 is 0. The Bertz CT molecular complexity index is 1030. The number of hydrogen-bond acceptors (Lipinski definition) is 6. The lowest BCUT2D eigenvalue weighted by atomic mass is 10.0. The lowest BCUT2D eigenvalue weighted by molar-refractivity contribution is -0.167. The Morgan fingerprint density at radius 3 is 0.580 bits per heavy atom. The van der Waals surface area contributed by atoms with E-state index in [0.29, 0.717) is 19.3 Å². The first-order chi connectivity index (χ1) is 34.0. The molecule has 0 radical (unpaired) electrons. The van der Waals surface area contributed by atoms with E-state index in [0.717, 1.165) is 57.8 Å². The van der Waals surface area contributed by atoms with Crippen LogP contribution in [0, 0.1) is 0 Å². The third-order valence-electron chi connectivity index (χ3n) is 14.6. The summed E-state index contributed by atoms with van der Waals surface area (Å²) < 4.78 is 16.9. The maximum absolute atomic E-state index is 12.9. The number of ether oxygens (including phenoxy) is 3. The smallest absolute Gasteiger partial charge is 0.306 e. The zero-order valence-corrected chi connectivity index (χ0v) is 47.1. The summed E-state index contributed by atoms with van der Waals surface area (Å²) in [7, 11) is 0. The Morgan fingerprint density at radius 1 is 0.232 bits per heavy atom. The van der Waals surface area contributed by atoms with Gasteiger partial charge in [-0.15, -0.1) is 0 Å². The summed E-state index contributed by atoms with van der Waals surface area (Å²) in [5, 5.41) is 0. The van der Waals surface area contributed by atoms with E-state index in [2.05, 4.69) is 20.8 Å². The minimum Gasteiger partial charge on any atom is -0.462 e. The number of carbonyl (C=O) groups excluding carboxylic acids is 3. The van der Waals surface area contributed by atoms with E-state index in [1.165, 1.54) is 270 Å². The zero-order valence-electron chi connectivity index (χ0n) is 47.1. The minimum atomic E-state index is -0.761. The highest BCUT2D eigenvalue weighted by atomic mass is 16.6. The van der Waals surface area contributed by atoms with Gasteiger partial charge in [-0.1, -0.05) is 329 Å². The van der Waals surface area contributed by atoms with Crippen LogP contribution in [0.4, 0.5) is 0 Å². The molecule has 0 aromatic carbocycles. The fraction of sp³-hybridized carbons (Fsp3) is 0.952. The fourth-order valence-corrected chi connectivity index (χ4v) is 9.86. The van der Waals surface area contributed by atoms with Gasteiger partial charge in [-0.2, -0.15) is 0 Å². The molecule has 0 saturated heterocycles. The number of esters is 3. The summed E-state index contributed by atoms with van der Waals surface area (Å²) in [6, 6.07) is 0. The predicted molar refractivity (Wildman–Crippen MR) is 298 cm³/mol. The molecule has 0 N–H and O–H groups in total. The van der Waals surface area contributed by atoms with Crippen molar-refractivity contribution in [2.24, 2.45) is 0 Å². The molecule has 69 heavy (non-hydrogen) atoms. The molecule has 0 bridgehead atoms. The average Bonchev–Trinajstić information content (AvgIpc) is 3.35. The molecule has 0 saturated carbocycles. The molecule has 6 nitrogen and oxygen atoms in total. The highest BCUT2D eigenvalue weighted by molar-refractivity contribution is 5.71. The standard InChI is InChI=1S/C63H122O6/c1-4-7-10-13-16-19-22-25-27-29-30-31-32-33-35-36-38-41-44-47-50-53-56-62(65)68-59-60(58-67-61(64)55-52-49-46-43-40-24-21-18-15-12-9-6-3)69-63(66)57-54-51-48-45-42-39-37-34-28-26-23-20-17-14-11-8-5-2/h60H,4-59H2,1-3H3. The summed E-state index contributed by atoms with van der Waals surface area (Å²) in [6.07, 6.45) is 66.8. The van der Waals surface area contributed by atoms with Gasteiger partial charge in [0.05, 0.1) is 0 Å². The van der Waals surface area contributed by atoms with Crippen LogP contribution in [0.3, 0.4) is 0 Å². The van der Waals surface area contributed by atoms with E-state index in [1.807, 2.05) is 0 Å². The van der Waals surface area contributed by atoms with Gasteiger partial charge in [-0.05, 0) is 19.3 Å². The van der Waals surface area contributed by atoms with Gasteiger partial charge in [0.15, 0.2) is 6.10 Å². The lowest BCUT2D eigenvalue weighted by Gasteiger charge is -2.18. The molecule has 0 aliphatic heterocycles. The number of hydrogen-bond donors (Lipinski definition) is 0. The van der Waals surface area contributed by atoms with Crippen molar-refractivity contribution in [3.63, 3.8) is 0 Å².